The summed E-state index contributed by atoms with van der Waals surface area (Å²) in [4.78, 5) is 23.2. The van der Waals surface area contributed by atoms with Crippen LogP contribution in [0.1, 0.15) is 43.5 Å². The zero-order chi connectivity index (χ0) is 15.6. The number of anilines is 1. The number of urea groups is 1. The molecule has 0 heterocycles. The Kier molecular flexibility index (Phi) is 4.42. The van der Waals surface area contributed by atoms with E-state index in [2.05, 4.69) is 24.5 Å². The van der Waals surface area contributed by atoms with Gasteiger partial charge in [0.25, 0.3) is 0 Å². The minimum absolute atomic E-state index is 0.0141. The van der Waals surface area contributed by atoms with Crippen molar-refractivity contribution in [2.45, 2.75) is 39.2 Å². The summed E-state index contributed by atoms with van der Waals surface area (Å²) in [6.07, 6.45) is 3.08. The van der Waals surface area contributed by atoms with E-state index in [-0.39, 0.29) is 22.7 Å². The fourth-order valence-corrected chi connectivity index (χ4v) is 2.89. The summed E-state index contributed by atoms with van der Waals surface area (Å²) in [6.45, 7) is 4.24. The second-order valence-electron chi connectivity index (χ2n) is 6.03. The molecule has 5 nitrogen and oxygen atoms in total. The molecular weight excluding hydrogens is 292 g/mol. The van der Waals surface area contributed by atoms with Crippen molar-refractivity contribution in [3.8, 4) is 0 Å². The van der Waals surface area contributed by atoms with E-state index < -0.39 is 12.0 Å². The Balaban J connectivity index is 2.09. The molecule has 6 heteroatoms. The lowest BCUT2D eigenvalue weighted by Gasteiger charge is -2.27. The van der Waals surface area contributed by atoms with Crippen molar-refractivity contribution in [3.05, 3.63) is 28.8 Å². The van der Waals surface area contributed by atoms with Crippen LogP contribution in [0.4, 0.5) is 10.5 Å². The van der Waals surface area contributed by atoms with Gasteiger partial charge in [0.15, 0.2) is 0 Å². The summed E-state index contributed by atoms with van der Waals surface area (Å²) in [6, 6.07) is 3.97. The molecule has 1 aliphatic rings. The topological polar surface area (TPSA) is 78.4 Å². The second-order valence-corrected chi connectivity index (χ2v) is 6.46. The molecule has 0 aliphatic heterocycles. The van der Waals surface area contributed by atoms with Crippen LogP contribution in [-0.2, 0) is 0 Å². The maximum absolute atomic E-state index is 12.1. The molecule has 0 saturated heterocycles. The van der Waals surface area contributed by atoms with Crippen LogP contribution in [0.5, 0.6) is 0 Å². The number of carbonyl (C=O) groups is 2. The first-order valence-electron chi connectivity index (χ1n) is 6.90. The summed E-state index contributed by atoms with van der Waals surface area (Å²) in [7, 11) is 0. The number of rotatable bonds is 3. The van der Waals surface area contributed by atoms with Gasteiger partial charge in [0.05, 0.1) is 11.3 Å². The highest BCUT2D eigenvalue weighted by Gasteiger charge is 2.35. The molecule has 3 N–H and O–H groups in total. The quantitative estimate of drug-likeness (QED) is 0.795. The third-order valence-electron chi connectivity index (χ3n) is 4.02. The van der Waals surface area contributed by atoms with Gasteiger partial charge in [0.1, 0.15) is 0 Å². The molecule has 21 heavy (non-hydrogen) atoms. The van der Waals surface area contributed by atoms with E-state index in [4.69, 9.17) is 16.7 Å². The lowest BCUT2D eigenvalue weighted by atomic mass is 9.87. The van der Waals surface area contributed by atoms with Crippen LogP contribution in [0.15, 0.2) is 18.2 Å². The smallest absolute Gasteiger partial charge is 0.337 e. The molecule has 1 atom stereocenters. The van der Waals surface area contributed by atoms with Crippen molar-refractivity contribution in [2.75, 3.05) is 5.32 Å². The molecule has 1 aliphatic carbocycles. The number of hydrogen-bond acceptors (Lipinski definition) is 2. The summed E-state index contributed by atoms with van der Waals surface area (Å²) in [5.41, 5.74) is 0.268. The van der Waals surface area contributed by atoms with E-state index >= 15 is 0 Å². The Bertz CT molecular complexity index is 572. The van der Waals surface area contributed by atoms with E-state index in [0.717, 1.165) is 19.3 Å². The van der Waals surface area contributed by atoms with Crippen LogP contribution in [0.25, 0.3) is 0 Å². The highest BCUT2D eigenvalue weighted by molar-refractivity contribution is 6.31. The number of hydrogen-bond donors (Lipinski definition) is 3. The van der Waals surface area contributed by atoms with Gasteiger partial charge in [-0.2, -0.15) is 0 Å². The predicted octanol–water partition coefficient (Wildman–Crippen LogP) is 3.74. The summed E-state index contributed by atoms with van der Waals surface area (Å²) in [5, 5.41) is 15.0. The van der Waals surface area contributed by atoms with E-state index in [9.17, 15) is 9.59 Å². The number of halogens is 1. The monoisotopic (exact) mass is 310 g/mol. The van der Waals surface area contributed by atoms with E-state index in [1.807, 2.05) is 0 Å². The number of aromatic carboxylic acids is 1. The molecule has 2 rings (SSSR count). The normalized spacial score (nSPS) is 20.0. The summed E-state index contributed by atoms with van der Waals surface area (Å²) >= 11 is 5.86. The Morgan fingerprint density at radius 2 is 2.10 bits per heavy atom. The van der Waals surface area contributed by atoms with Crippen molar-refractivity contribution in [3.63, 3.8) is 0 Å². The van der Waals surface area contributed by atoms with E-state index in [1.54, 1.807) is 0 Å². The van der Waals surface area contributed by atoms with Gasteiger partial charge in [0.2, 0.25) is 0 Å². The molecule has 1 fully saturated rings. The average molecular weight is 311 g/mol. The molecule has 1 saturated carbocycles. The third kappa shape index (κ3) is 3.67. The second kappa shape index (κ2) is 5.93. The Labute approximate surface area is 128 Å². The summed E-state index contributed by atoms with van der Waals surface area (Å²) in [5.74, 6) is -1.11. The Morgan fingerprint density at radius 3 is 2.67 bits per heavy atom. The van der Waals surface area contributed by atoms with Crippen LogP contribution in [0.3, 0.4) is 0 Å². The average Bonchev–Trinajstić information content (AvgIpc) is 2.68. The Morgan fingerprint density at radius 1 is 1.38 bits per heavy atom. The van der Waals surface area contributed by atoms with Gasteiger partial charge in [-0.05, 0) is 36.5 Å². The number of carboxylic acid groups (broad SMARTS) is 1. The van der Waals surface area contributed by atoms with Crippen molar-refractivity contribution in [1.29, 1.82) is 0 Å². The van der Waals surface area contributed by atoms with E-state index in [0.29, 0.717) is 5.02 Å². The highest BCUT2D eigenvalue weighted by atomic mass is 35.5. The minimum atomic E-state index is -1.11. The van der Waals surface area contributed by atoms with Gasteiger partial charge < -0.3 is 15.7 Å². The molecule has 0 radical (unpaired) electrons. The van der Waals surface area contributed by atoms with Crippen LogP contribution in [0, 0.1) is 5.41 Å². The molecule has 1 aromatic rings. The molecule has 1 aromatic carbocycles. The highest BCUT2D eigenvalue weighted by Crippen LogP contribution is 2.37. The van der Waals surface area contributed by atoms with Gasteiger partial charge in [-0.1, -0.05) is 31.9 Å². The zero-order valence-corrected chi connectivity index (χ0v) is 12.8. The molecular formula is C15H19ClN2O3. The molecule has 2 amide bonds. The number of nitrogens with one attached hydrogen (secondary N) is 2. The fraction of sp³-hybridized carbons (Fsp3) is 0.467. The third-order valence-corrected chi connectivity index (χ3v) is 4.26. The van der Waals surface area contributed by atoms with Crippen LogP contribution < -0.4 is 10.6 Å². The van der Waals surface area contributed by atoms with Crippen molar-refractivity contribution < 1.29 is 14.7 Å². The minimum Gasteiger partial charge on any atom is -0.478 e. The zero-order valence-electron chi connectivity index (χ0n) is 12.1. The van der Waals surface area contributed by atoms with Crippen molar-refractivity contribution in [2.24, 2.45) is 5.41 Å². The first kappa shape index (κ1) is 15.6. The van der Waals surface area contributed by atoms with Crippen molar-refractivity contribution in [1.82, 2.24) is 5.32 Å². The standard InChI is InChI=1S/C15H19ClN2O3/c1-15(2)7-3-4-12(15)18-14(21)17-11-8-9(16)5-6-10(11)13(19)20/h5-6,8,12H,3-4,7H2,1-2H3,(H,19,20)(H2,17,18,21). The lowest BCUT2D eigenvalue weighted by molar-refractivity contribution is 0.0698. The molecule has 0 spiro atoms. The van der Waals surface area contributed by atoms with E-state index in [1.165, 1.54) is 18.2 Å². The van der Waals surface area contributed by atoms with Gasteiger partial charge in [-0.3, -0.25) is 0 Å². The predicted molar refractivity (Wildman–Crippen MR) is 82.0 cm³/mol. The fourth-order valence-electron chi connectivity index (χ4n) is 2.72. The maximum atomic E-state index is 12.1. The summed E-state index contributed by atoms with van der Waals surface area (Å²) < 4.78 is 0. The lowest BCUT2D eigenvalue weighted by Crippen LogP contribution is -2.43. The van der Waals surface area contributed by atoms with Crippen LogP contribution in [-0.4, -0.2) is 23.1 Å². The Hall–Kier alpha value is -1.75. The largest absolute Gasteiger partial charge is 0.478 e. The first-order chi connectivity index (χ1) is 9.79. The van der Waals surface area contributed by atoms with Gasteiger partial charge in [-0.15, -0.1) is 0 Å². The maximum Gasteiger partial charge on any atom is 0.337 e. The van der Waals surface area contributed by atoms with Gasteiger partial charge in [-0.25, -0.2) is 9.59 Å². The SMILES string of the molecule is CC1(C)CCCC1NC(=O)Nc1cc(Cl)ccc1C(=O)O. The molecule has 114 valence electrons. The first-order valence-corrected chi connectivity index (χ1v) is 7.28. The van der Waals surface area contributed by atoms with Crippen LogP contribution >= 0.6 is 11.6 Å². The number of amides is 2. The van der Waals surface area contributed by atoms with Crippen LogP contribution in [0.2, 0.25) is 5.02 Å². The molecule has 0 bridgehead atoms. The molecule has 1 unspecified atom stereocenters. The number of carbonyl (C=O) groups excluding carboxylic acids is 1. The van der Waals surface area contributed by atoms with Gasteiger partial charge >= 0.3 is 12.0 Å². The number of benzene rings is 1. The number of carboxylic acids is 1. The van der Waals surface area contributed by atoms with Crippen molar-refractivity contribution >= 4 is 29.3 Å². The van der Waals surface area contributed by atoms with Gasteiger partial charge in [0, 0.05) is 11.1 Å². The molecule has 0 aromatic heterocycles.